The summed E-state index contributed by atoms with van der Waals surface area (Å²) >= 11 is 0. The normalized spacial score (nSPS) is 13.4. The summed E-state index contributed by atoms with van der Waals surface area (Å²) < 4.78 is 3.49. The molecule has 0 atom stereocenters. The predicted molar refractivity (Wildman–Crippen MR) is 156 cm³/mol. The maximum atomic E-state index is 12.9. The molecule has 0 saturated carbocycles. The van der Waals surface area contributed by atoms with Gasteiger partial charge < -0.3 is 10.2 Å². The number of hydrogen-bond donors (Lipinski definition) is 1. The number of nitrogens with one attached hydrogen (secondary N) is 1. The van der Waals surface area contributed by atoms with Gasteiger partial charge in [0.2, 0.25) is 5.91 Å². The molecular formula is C31H27N9O. The number of anilines is 2. The second-order valence-corrected chi connectivity index (χ2v) is 9.97. The van der Waals surface area contributed by atoms with Crippen LogP contribution in [-0.4, -0.2) is 48.4 Å². The SMILES string of the molecule is CC#Cc1cc(NC(=O)C2CCN(c3ccc(-c4cc(-c5cnn(C)c5)cn5ncc(C#N)c45)cn3)CC2)ccn1. The third kappa shape index (κ3) is 5.23. The van der Waals surface area contributed by atoms with Crippen molar-refractivity contribution in [3.8, 4) is 40.2 Å². The lowest BCUT2D eigenvalue weighted by Gasteiger charge is -2.32. The molecule has 1 fully saturated rings. The number of pyridine rings is 3. The molecule has 41 heavy (non-hydrogen) atoms. The first kappa shape index (κ1) is 25.8. The number of nitriles is 1. The van der Waals surface area contributed by atoms with Crippen LogP contribution in [0.1, 0.15) is 31.0 Å². The Morgan fingerprint density at radius 2 is 1.85 bits per heavy atom. The van der Waals surface area contributed by atoms with Crippen LogP contribution in [0.15, 0.2) is 67.5 Å². The highest BCUT2D eigenvalue weighted by Gasteiger charge is 2.26. The molecule has 1 aliphatic rings. The van der Waals surface area contributed by atoms with Crippen molar-refractivity contribution >= 4 is 22.9 Å². The third-order valence-corrected chi connectivity index (χ3v) is 7.30. The van der Waals surface area contributed by atoms with Crippen molar-refractivity contribution in [3.05, 3.63) is 78.8 Å². The second-order valence-electron chi connectivity index (χ2n) is 9.97. The Kier molecular flexibility index (Phi) is 6.88. The topological polar surface area (TPSA) is 117 Å². The van der Waals surface area contributed by atoms with Crippen LogP contribution in [0.2, 0.25) is 0 Å². The van der Waals surface area contributed by atoms with Crippen LogP contribution in [0.5, 0.6) is 0 Å². The number of piperidine rings is 1. The summed E-state index contributed by atoms with van der Waals surface area (Å²) in [6, 6.07) is 11.9. The van der Waals surface area contributed by atoms with E-state index >= 15 is 0 Å². The van der Waals surface area contributed by atoms with Crippen molar-refractivity contribution in [2.45, 2.75) is 19.8 Å². The summed E-state index contributed by atoms with van der Waals surface area (Å²) in [6.45, 7) is 3.22. The molecule has 10 nitrogen and oxygen atoms in total. The number of amides is 1. The Morgan fingerprint density at radius 3 is 2.56 bits per heavy atom. The number of fused-ring (bicyclic) bond motifs is 1. The molecule has 1 amide bonds. The molecule has 6 heterocycles. The van der Waals surface area contributed by atoms with E-state index in [0.717, 1.165) is 59.5 Å². The van der Waals surface area contributed by atoms with E-state index in [0.29, 0.717) is 16.9 Å². The maximum absolute atomic E-state index is 12.9. The summed E-state index contributed by atoms with van der Waals surface area (Å²) in [4.78, 5) is 24.1. The fourth-order valence-corrected chi connectivity index (χ4v) is 5.20. The quantitative estimate of drug-likeness (QED) is 0.330. The molecule has 0 bridgehead atoms. The van der Waals surface area contributed by atoms with Crippen LogP contribution >= 0.6 is 0 Å². The molecule has 1 saturated heterocycles. The van der Waals surface area contributed by atoms with E-state index in [4.69, 9.17) is 4.98 Å². The monoisotopic (exact) mass is 541 g/mol. The zero-order chi connectivity index (χ0) is 28.3. The number of nitrogens with zero attached hydrogens (tertiary/aromatic N) is 8. The van der Waals surface area contributed by atoms with Gasteiger partial charge in [0.25, 0.3) is 0 Å². The Morgan fingerprint density at radius 1 is 1.00 bits per heavy atom. The van der Waals surface area contributed by atoms with Crippen LogP contribution in [0.3, 0.4) is 0 Å². The molecule has 5 aromatic rings. The summed E-state index contributed by atoms with van der Waals surface area (Å²) in [5.74, 6) is 6.54. The number of carbonyl (C=O) groups is 1. The van der Waals surface area contributed by atoms with E-state index < -0.39 is 0 Å². The number of aryl methyl sites for hydroxylation is 1. The average molecular weight is 542 g/mol. The Bertz CT molecular complexity index is 1840. The minimum absolute atomic E-state index is 0.0150. The Labute approximate surface area is 237 Å². The minimum atomic E-state index is -0.0748. The molecule has 5 aromatic heterocycles. The molecule has 6 rings (SSSR count). The van der Waals surface area contributed by atoms with E-state index in [-0.39, 0.29) is 11.8 Å². The van der Waals surface area contributed by atoms with Gasteiger partial charge in [0.1, 0.15) is 17.6 Å². The van der Waals surface area contributed by atoms with Crippen molar-refractivity contribution in [3.63, 3.8) is 0 Å². The van der Waals surface area contributed by atoms with Gasteiger partial charge in [-0.2, -0.15) is 15.5 Å². The van der Waals surface area contributed by atoms with E-state index in [9.17, 15) is 10.1 Å². The van der Waals surface area contributed by atoms with Crippen LogP contribution in [0, 0.1) is 29.1 Å². The Balaban J connectivity index is 1.18. The molecule has 202 valence electrons. The molecule has 0 unspecified atom stereocenters. The summed E-state index contributed by atoms with van der Waals surface area (Å²) in [7, 11) is 1.88. The van der Waals surface area contributed by atoms with Crippen LogP contribution in [0.25, 0.3) is 27.8 Å². The molecule has 0 aromatic carbocycles. The largest absolute Gasteiger partial charge is 0.357 e. The van der Waals surface area contributed by atoms with E-state index in [1.54, 1.807) is 46.8 Å². The molecule has 0 spiro atoms. The number of carbonyl (C=O) groups excluding carboxylic acids is 1. The minimum Gasteiger partial charge on any atom is -0.357 e. The highest BCUT2D eigenvalue weighted by Crippen LogP contribution is 2.33. The molecule has 1 N–H and O–H groups in total. The van der Waals surface area contributed by atoms with Crippen LogP contribution < -0.4 is 10.2 Å². The van der Waals surface area contributed by atoms with Gasteiger partial charge in [-0.15, -0.1) is 0 Å². The summed E-state index contributed by atoms with van der Waals surface area (Å²) in [6.07, 6.45) is 12.2. The summed E-state index contributed by atoms with van der Waals surface area (Å²) in [5.41, 5.74) is 6.25. The van der Waals surface area contributed by atoms with Gasteiger partial charge in [-0.25, -0.2) is 14.5 Å². The first-order chi connectivity index (χ1) is 20.0. The molecule has 1 aliphatic heterocycles. The zero-order valence-electron chi connectivity index (χ0n) is 22.7. The van der Waals surface area contributed by atoms with E-state index in [1.165, 1.54) is 0 Å². The maximum Gasteiger partial charge on any atom is 0.227 e. The van der Waals surface area contributed by atoms with Gasteiger partial charge in [0.15, 0.2) is 0 Å². The fraction of sp³-hybridized carbons (Fsp3) is 0.226. The molecule has 0 radical (unpaired) electrons. The average Bonchev–Trinajstić information content (AvgIpc) is 3.63. The number of hydrogen-bond acceptors (Lipinski definition) is 7. The predicted octanol–water partition coefficient (Wildman–Crippen LogP) is 4.29. The molecule has 0 aliphatic carbocycles. The highest BCUT2D eigenvalue weighted by atomic mass is 16.1. The van der Waals surface area contributed by atoms with Crippen molar-refractivity contribution in [1.29, 1.82) is 5.26 Å². The van der Waals surface area contributed by atoms with Gasteiger partial charge in [0.05, 0.1) is 23.5 Å². The fourth-order valence-electron chi connectivity index (χ4n) is 5.20. The summed E-state index contributed by atoms with van der Waals surface area (Å²) in [5, 5.41) is 21.4. The first-order valence-corrected chi connectivity index (χ1v) is 13.3. The smallest absolute Gasteiger partial charge is 0.227 e. The second kappa shape index (κ2) is 10.9. The lowest BCUT2D eigenvalue weighted by molar-refractivity contribution is -0.120. The zero-order valence-corrected chi connectivity index (χ0v) is 22.7. The lowest BCUT2D eigenvalue weighted by atomic mass is 9.95. The number of rotatable bonds is 5. The first-order valence-electron chi connectivity index (χ1n) is 13.3. The highest BCUT2D eigenvalue weighted by molar-refractivity contribution is 5.93. The standard InChI is InChI=1S/C31H27N9O/c1-3-4-26-14-27(7-10-33-26)37-31(41)21-8-11-39(12-9-21)29-6-5-22(16-34-29)28-13-23(25-18-35-38(2)19-25)20-40-30(28)24(15-32)17-36-40/h5-7,10,13-14,16-21H,8-9,11-12H2,1-2H3,(H,33,37,41). The van der Waals surface area contributed by atoms with E-state index in [2.05, 4.69) is 49.4 Å². The molecular weight excluding hydrogens is 514 g/mol. The molecule has 10 heteroatoms. The van der Waals surface area contributed by atoms with Gasteiger partial charge in [-0.05, 0) is 56.0 Å². The van der Waals surface area contributed by atoms with Gasteiger partial charge in [-0.3, -0.25) is 9.48 Å². The lowest BCUT2D eigenvalue weighted by Crippen LogP contribution is -2.38. The van der Waals surface area contributed by atoms with Crippen molar-refractivity contribution in [2.75, 3.05) is 23.3 Å². The van der Waals surface area contributed by atoms with Crippen molar-refractivity contribution in [1.82, 2.24) is 29.4 Å². The number of aromatic nitrogens is 6. The van der Waals surface area contributed by atoms with Crippen molar-refractivity contribution < 1.29 is 4.79 Å². The van der Waals surface area contributed by atoms with Gasteiger partial charge >= 0.3 is 0 Å². The van der Waals surface area contributed by atoms with Gasteiger partial charge in [0, 0.05) is 78.8 Å². The third-order valence-electron chi connectivity index (χ3n) is 7.30. The van der Waals surface area contributed by atoms with Crippen molar-refractivity contribution in [2.24, 2.45) is 13.0 Å². The Hall–Kier alpha value is -5.48. The van der Waals surface area contributed by atoms with Crippen LogP contribution in [0.4, 0.5) is 11.5 Å². The van der Waals surface area contributed by atoms with E-state index in [1.807, 2.05) is 37.8 Å². The van der Waals surface area contributed by atoms with Crippen LogP contribution in [-0.2, 0) is 11.8 Å². The van der Waals surface area contributed by atoms with Gasteiger partial charge in [-0.1, -0.05) is 5.92 Å².